The summed E-state index contributed by atoms with van der Waals surface area (Å²) in [5.41, 5.74) is 3.54. The highest BCUT2D eigenvalue weighted by molar-refractivity contribution is 5.68. The van der Waals surface area contributed by atoms with Gasteiger partial charge in [-0.15, -0.1) is 0 Å². The van der Waals surface area contributed by atoms with Gasteiger partial charge in [-0.2, -0.15) is 0 Å². The minimum absolute atomic E-state index is 0.109. The van der Waals surface area contributed by atoms with Crippen LogP contribution < -0.4 is 0 Å². The van der Waals surface area contributed by atoms with Gasteiger partial charge in [-0.1, -0.05) is 13.8 Å². The largest absolute Gasteiger partial charge is 0.481 e. The highest BCUT2D eigenvalue weighted by Crippen LogP contribution is 2.31. The number of hydrogen-bond acceptors (Lipinski definition) is 1. The summed E-state index contributed by atoms with van der Waals surface area (Å²) in [5, 5.41) is 8.95. The van der Waals surface area contributed by atoms with Crippen molar-refractivity contribution < 1.29 is 9.90 Å². The summed E-state index contributed by atoms with van der Waals surface area (Å²) in [6.45, 7) is 8.26. The maximum Gasteiger partial charge on any atom is 0.303 e. The first-order valence-electron chi connectivity index (χ1n) is 5.69. The van der Waals surface area contributed by atoms with Crippen LogP contribution in [-0.2, 0) is 11.8 Å². The second-order valence-corrected chi connectivity index (χ2v) is 4.83. The van der Waals surface area contributed by atoms with E-state index in [2.05, 4.69) is 38.3 Å². The minimum Gasteiger partial charge on any atom is -0.481 e. The third kappa shape index (κ3) is 2.46. The number of hydrogen-bond donors (Lipinski definition) is 1. The van der Waals surface area contributed by atoms with Crippen molar-refractivity contribution in [3.8, 4) is 0 Å². The molecule has 1 rings (SSSR count). The molecule has 90 valence electrons. The highest BCUT2D eigenvalue weighted by atomic mass is 16.4. The van der Waals surface area contributed by atoms with E-state index >= 15 is 0 Å². The van der Waals surface area contributed by atoms with Crippen molar-refractivity contribution >= 4 is 5.97 Å². The Balaban J connectivity index is 3.11. The van der Waals surface area contributed by atoms with Crippen molar-refractivity contribution in [3.05, 3.63) is 23.0 Å². The Morgan fingerprint density at radius 2 is 2.00 bits per heavy atom. The van der Waals surface area contributed by atoms with Crippen molar-refractivity contribution in [3.63, 3.8) is 0 Å². The monoisotopic (exact) mass is 223 g/mol. The quantitative estimate of drug-likeness (QED) is 0.852. The van der Waals surface area contributed by atoms with Gasteiger partial charge in [0, 0.05) is 18.4 Å². The average molecular weight is 223 g/mol. The van der Waals surface area contributed by atoms with E-state index < -0.39 is 5.97 Å². The highest BCUT2D eigenvalue weighted by Gasteiger charge is 2.23. The lowest BCUT2D eigenvalue weighted by molar-refractivity contribution is -0.137. The maximum atomic E-state index is 10.9. The first-order valence-corrected chi connectivity index (χ1v) is 5.69. The van der Waals surface area contributed by atoms with Crippen LogP contribution in [0.1, 0.15) is 43.1 Å². The number of aromatic nitrogens is 1. The van der Waals surface area contributed by atoms with Crippen LogP contribution in [0.3, 0.4) is 0 Å². The van der Waals surface area contributed by atoms with Crippen LogP contribution in [0.15, 0.2) is 6.07 Å². The van der Waals surface area contributed by atoms with Gasteiger partial charge in [0.15, 0.2) is 0 Å². The zero-order chi connectivity index (χ0) is 12.5. The van der Waals surface area contributed by atoms with Gasteiger partial charge in [0.25, 0.3) is 0 Å². The topological polar surface area (TPSA) is 42.2 Å². The van der Waals surface area contributed by atoms with Gasteiger partial charge in [0.2, 0.25) is 0 Å². The fourth-order valence-corrected chi connectivity index (χ4v) is 2.15. The Morgan fingerprint density at radius 3 is 2.31 bits per heavy atom. The van der Waals surface area contributed by atoms with Gasteiger partial charge in [-0.3, -0.25) is 4.79 Å². The molecule has 1 unspecified atom stereocenters. The molecule has 1 heterocycles. The SMILES string of the molecule is Cc1cc(C(CC(=O)O)C(C)C)c(C)n1C. The van der Waals surface area contributed by atoms with Crippen molar-refractivity contribution in [1.82, 2.24) is 4.57 Å². The molecule has 0 bridgehead atoms. The molecule has 0 fully saturated rings. The van der Waals surface area contributed by atoms with Crippen LogP contribution in [0.25, 0.3) is 0 Å². The Hall–Kier alpha value is -1.25. The Morgan fingerprint density at radius 1 is 1.44 bits per heavy atom. The number of rotatable bonds is 4. The van der Waals surface area contributed by atoms with Crippen molar-refractivity contribution in [1.29, 1.82) is 0 Å². The molecule has 0 radical (unpaired) electrons. The Kier molecular flexibility index (Phi) is 3.79. The number of nitrogens with zero attached hydrogens (tertiary/aromatic N) is 1. The fourth-order valence-electron chi connectivity index (χ4n) is 2.15. The van der Waals surface area contributed by atoms with Crippen LogP contribution in [-0.4, -0.2) is 15.6 Å². The Labute approximate surface area is 97.1 Å². The molecule has 16 heavy (non-hydrogen) atoms. The molecular weight excluding hydrogens is 202 g/mol. The van der Waals surface area contributed by atoms with Crippen LogP contribution >= 0.6 is 0 Å². The third-order valence-corrected chi connectivity index (χ3v) is 3.41. The summed E-state index contributed by atoms with van der Waals surface area (Å²) in [6.07, 6.45) is 0.210. The molecule has 0 aliphatic carbocycles. The molecule has 0 spiro atoms. The molecule has 0 saturated heterocycles. The minimum atomic E-state index is -0.723. The molecule has 0 aliphatic heterocycles. The molecule has 0 aliphatic rings. The van der Waals surface area contributed by atoms with Crippen LogP contribution in [0.5, 0.6) is 0 Å². The average Bonchev–Trinajstić information content (AvgIpc) is 2.42. The smallest absolute Gasteiger partial charge is 0.303 e. The third-order valence-electron chi connectivity index (χ3n) is 3.41. The van der Waals surface area contributed by atoms with E-state index in [9.17, 15) is 4.79 Å². The molecule has 0 aromatic carbocycles. The van der Waals surface area contributed by atoms with Crippen molar-refractivity contribution in [2.75, 3.05) is 0 Å². The van der Waals surface area contributed by atoms with Crippen LogP contribution in [0.4, 0.5) is 0 Å². The second kappa shape index (κ2) is 4.73. The van der Waals surface area contributed by atoms with Gasteiger partial charge in [0.05, 0.1) is 6.42 Å². The lowest BCUT2D eigenvalue weighted by Gasteiger charge is -2.19. The van der Waals surface area contributed by atoms with E-state index in [-0.39, 0.29) is 12.3 Å². The summed E-state index contributed by atoms with van der Waals surface area (Å²) in [6, 6.07) is 2.11. The van der Waals surface area contributed by atoms with E-state index in [0.29, 0.717) is 5.92 Å². The summed E-state index contributed by atoms with van der Waals surface area (Å²) >= 11 is 0. The summed E-state index contributed by atoms with van der Waals surface area (Å²) in [7, 11) is 2.02. The molecule has 0 saturated carbocycles. The lowest BCUT2D eigenvalue weighted by Crippen LogP contribution is -2.13. The normalized spacial score (nSPS) is 13.1. The molecule has 1 atom stereocenters. The first-order chi connectivity index (χ1) is 7.34. The second-order valence-electron chi connectivity index (χ2n) is 4.83. The fraction of sp³-hybridized carbons (Fsp3) is 0.615. The van der Waals surface area contributed by atoms with Gasteiger partial charge in [0.1, 0.15) is 0 Å². The summed E-state index contributed by atoms with van der Waals surface area (Å²) < 4.78 is 2.12. The first kappa shape index (κ1) is 12.8. The van der Waals surface area contributed by atoms with Crippen LogP contribution in [0.2, 0.25) is 0 Å². The predicted octanol–water partition coefficient (Wildman–Crippen LogP) is 2.86. The lowest BCUT2D eigenvalue weighted by atomic mass is 9.86. The standard InChI is InChI=1S/C13H21NO2/c1-8(2)11(7-13(15)16)12-6-9(3)14(5)10(12)4/h6,8,11H,7H2,1-5H3,(H,15,16). The molecule has 0 amide bonds. The molecule has 1 aromatic heterocycles. The van der Waals surface area contributed by atoms with E-state index in [1.807, 2.05) is 7.05 Å². The molecule has 3 nitrogen and oxygen atoms in total. The Bertz CT molecular complexity index is 391. The van der Waals surface area contributed by atoms with Gasteiger partial charge in [-0.25, -0.2) is 0 Å². The number of carboxylic acids is 1. The van der Waals surface area contributed by atoms with Crippen molar-refractivity contribution in [2.45, 2.75) is 40.0 Å². The zero-order valence-corrected chi connectivity index (χ0v) is 10.7. The van der Waals surface area contributed by atoms with E-state index in [4.69, 9.17) is 5.11 Å². The van der Waals surface area contributed by atoms with Gasteiger partial charge < -0.3 is 9.67 Å². The predicted molar refractivity (Wildman–Crippen MR) is 64.7 cm³/mol. The van der Waals surface area contributed by atoms with Crippen LogP contribution in [0, 0.1) is 19.8 Å². The number of aliphatic carboxylic acids is 1. The number of carbonyl (C=O) groups is 1. The van der Waals surface area contributed by atoms with Gasteiger partial charge >= 0.3 is 5.97 Å². The number of carboxylic acid groups (broad SMARTS) is 1. The zero-order valence-electron chi connectivity index (χ0n) is 10.7. The molecular formula is C13H21NO2. The van der Waals surface area contributed by atoms with Gasteiger partial charge in [-0.05, 0) is 37.3 Å². The van der Waals surface area contributed by atoms with E-state index in [1.165, 1.54) is 17.0 Å². The number of aryl methyl sites for hydroxylation is 1. The van der Waals surface area contributed by atoms with Crippen molar-refractivity contribution in [2.24, 2.45) is 13.0 Å². The summed E-state index contributed by atoms with van der Waals surface area (Å²) in [4.78, 5) is 10.9. The summed E-state index contributed by atoms with van der Waals surface area (Å²) in [5.74, 6) is -0.270. The van der Waals surface area contributed by atoms with E-state index in [1.54, 1.807) is 0 Å². The molecule has 1 aromatic rings. The molecule has 1 N–H and O–H groups in total. The maximum absolute atomic E-state index is 10.9. The van der Waals surface area contributed by atoms with E-state index in [0.717, 1.165) is 0 Å². The molecule has 3 heteroatoms.